The molecule has 0 saturated carbocycles. The third-order valence-corrected chi connectivity index (χ3v) is 1.69. The average molecular weight is 159 g/mol. The first-order chi connectivity index (χ1) is 6.00. The first-order valence-corrected chi connectivity index (χ1v) is 4.53. The summed E-state index contributed by atoms with van der Waals surface area (Å²) in [6, 6.07) is 0. The highest BCUT2D eigenvalue weighted by Gasteiger charge is 1.78. The second-order valence-electron chi connectivity index (χ2n) is 2.77. The summed E-state index contributed by atoms with van der Waals surface area (Å²) in [6.07, 6.45) is 22.5. The Hall–Kier alpha value is -1.04. The van der Waals surface area contributed by atoms with Crippen LogP contribution in [0.2, 0.25) is 0 Å². The van der Waals surface area contributed by atoms with Gasteiger partial charge in [-0.3, -0.25) is 0 Å². The van der Waals surface area contributed by atoms with Crippen LogP contribution in [0.25, 0.3) is 0 Å². The van der Waals surface area contributed by atoms with E-state index in [1.165, 1.54) is 0 Å². The average Bonchev–Trinajstić information content (AvgIpc) is 2.05. The normalized spacial score (nSPS) is 29.3. The summed E-state index contributed by atoms with van der Waals surface area (Å²) in [7, 11) is 0. The fraction of sp³-hybridized carbons (Fsp3) is 0.333. The van der Waals surface area contributed by atoms with Crippen molar-refractivity contribution in [1.82, 2.24) is 0 Å². The van der Waals surface area contributed by atoms with Gasteiger partial charge in [0.25, 0.3) is 0 Å². The van der Waals surface area contributed by atoms with E-state index in [1.54, 1.807) is 0 Å². The van der Waals surface area contributed by atoms with E-state index in [-0.39, 0.29) is 0 Å². The van der Waals surface area contributed by atoms with Gasteiger partial charge in [0.2, 0.25) is 0 Å². The predicted molar refractivity (Wildman–Crippen MR) is 53.7 cm³/mol. The highest BCUT2D eigenvalue weighted by molar-refractivity contribution is 5.06. The first kappa shape index (κ1) is 9.05. The molecule has 0 N–H and O–H groups in total. The molecule has 0 unspecified atom stereocenters. The molecule has 0 nitrogen and oxygen atoms in total. The molecule has 12 heavy (non-hydrogen) atoms. The van der Waals surface area contributed by atoms with Crippen LogP contribution in [0.1, 0.15) is 25.7 Å². The predicted octanol–water partition coefficient (Wildman–Crippen LogP) is 3.59. The van der Waals surface area contributed by atoms with Crippen LogP contribution in [-0.2, 0) is 0 Å². The molecule has 1 rings (SSSR count). The summed E-state index contributed by atoms with van der Waals surface area (Å²) in [5, 5.41) is 0. The van der Waals surface area contributed by atoms with E-state index in [9.17, 15) is 0 Å². The van der Waals surface area contributed by atoms with Gasteiger partial charge in [-0.25, -0.2) is 0 Å². The van der Waals surface area contributed by atoms with Crippen molar-refractivity contribution in [2.75, 3.05) is 0 Å². The number of hydrogen-bond donors (Lipinski definition) is 0. The van der Waals surface area contributed by atoms with Crippen molar-refractivity contribution in [3.8, 4) is 0 Å². The molecule has 0 aromatic rings. The second-order valence-corrected chi connectivity index (χ2v) is 2.77. The van der Waals surface area contributed by atoms with Crippen molar-refractivity contribution in [3.05, 3.63) is 48.6 Å². The largest absolute Gasteiger partial charge is 0.0842 e. The Morgan fingerprint density at radius 1 is 0.750 bits per heavy atom. The van der Waals surface area contributed by atoms with Gasteiger partial charge >= 0.3 is 0 Å². The van der Waals surface area contributed by atoms with Gasteiger partial charge in [-0.05, 0) is 31.8 Å². The van der Waals surface area contributed by atoms with Crippen molar-refractivity contribution >= 4 is 0 Å². The smallest absolute Gasteiger partial charge is 0.0241 e. The summed E-state index contributed by atoms with van der Waals surface area (Å²) < 4.78 is 0. The molecule has 0 aromatic heterocycles. The van der Waals surface area contributed by atoms with Gasteiger partial charge in [-0.1, -0.05) is 42.5 Å². The van der Waals surface area contributed by atoms with Crippen LogP contribution in [0.4, 0.5) is 0 Å². The minimum absolute atomic E-state index is 1.02. The molecule has 0 atom stereocenters. The van der Waals surface area contributed by atoms with Crippen LogP contribution in [-0.4, -0.2) is 0 Å². The Bertz CT molecular complexity index is 156. The fourth-order valence-electron chi connectivity index (χ4n) is 1.02. The molecule has 0 bridgehead atoms. The Morgan fingerprint density at radius 3 is 2.25 bits per heavy atom. The highest BCUT2D eigenvalue weighted by atomic mass is 13.8. The van der Waals surface area contributed by atoms with Crippen molar-refractivity contribution in [2.45, 2.75) is 25.7 Å². The number of allylic oxidation sites excluding steroid dienone is 8. The number of hydrogen-bond acceptors (Lipinski definition) is 0. The van der Waals surface area contributed by atoms with Crippen LogP contribution in [0.15, 0.2) is 42.5 Å². The van der Waals surface area contributed by atoms with Crippen LogP contribution in [0.5, 0.6) is 0 Å². The summed E-state index contributed by atoms with van der Waals surface area (Å²) in [5.74, 6) is 0. The van der Waals surface area contributed by atoms with Gasteiger partial charge in [0, 0.05) is 0 Å². The molecule has 1 radical (unpaired) electrons. The monoisotopic (exact) mass is 159 g/mol. The van der Waals surface area contributed by atoms with E-state index in [0.717, 1.165) is 25.7 Å². The van der Waals surface area contributed by atoms with Crippen molar-refractivity contribution in [1.29, 1.82) is 0 Å². The maximum atomic E-state index is 3.22. The summed E-state index contributed by atoms with van der Waals surface area (Å²) in [6.45, 7) is 0. The van der Waals surface area contributed by atoms with Crippen LogP contribution in [0, 0.1) is 6.08 Å². The highest BCUT2D eigenvalue weighted by Crippen LogP contribution is 1.98. The molecule has 0 saturated heterocycles. The third kappa shape index (κ3) is 4.73. The van der Waals surface area contributed by atoms with Crippen LogP contribution in [0.3, 0.4) is 0 Å². The molecule has 0 aromatic carbocycles. The van der Waals surface area contributed by atoms with Gasteiger partial charge in [-0.15, -0.1) is 0 Å². The summed E-state index contributed by atoms with van der Waals surface area (Å²) >= 11 is 0. The second kappa shape index (κ2) is 6.66. The SMILES string of the molecule is [C]1=C/C=C\CC/C=C\C=C\CC/1. The number of rotatable bonds is 0. The Morgan fingerprint density at radius 2 is 1.42 bits per heavy atom. The van der Waals surface area contributed by atoms with Gasteiger partial charge in [-0.2, -0.15) is 0 Å². The van der Waals surface area contributed by atoms with E-state index >= 15 is 0 Å². The van der Waals surface area contributed by atoms with Crippen molar-refractivity contribution in [2.24, 2.45) is 0 Å². The van der Waals surface area contributed by atoms with Gasteiger partial charge in [0.1, 0.15) is 0 Å². The van der Waals surface area contributed by atoms with E-state index < -0.39 is 0 Å². The molecular formula is C12H15. The molecule has 0 amide bonds. The molecule has 0 heterocycles. The first-order valence-electron chi connectivity index (χ1n) is 4.53. The van der Waals surface area contributed by atoms with E-state index in [4.69, 9.17) is 0 Å². The van der Waals surface area contributed by atoms with Crippen LogP contribution >= 0.6 is 0 Å². The van der Waals surface area contributed by atoms with E-state index in [2.05, 4.69) is 42.5 Å². The zero-order valence-electron chi connectivity index (χ0n) is 7.37. The third-order valence-electron chi connectivity index (χ3n) is 1.69. The lowest BCUT2D eigenvalue weighted by atomic mass is 10.2. The lowest BCUT2D eigenvalue weighted by Crippen LogP contribution is -1.68. The molecule has 1 aliphatic carbocycles. The minimum atomic E-state index is 1.02. The summed E-state index contributed by atoms with van der Waals surface area (Å²) in [4.78, 5) is 0. The lowest BCUT2D eigenvalue weighted by Gasteiger charge is -1.87. The maximum absolute atomic E-state index is 3.22. The zero-order chi connectivity index (χ0) is 8.49. The quantitative estimate of drug-likeness (QED) is 0.506. The van der Waals surface area contributed by atoms with Crippen molar-refractivity contribution < 1.29 is 0 Å². The van der Waals surface area contributed by atoms with Crippen LogP contribution < -0.4 is 0 Å². The molecule has 0 spiro atoms. The van der Waals surface area contributed by atoms with Gasteiger partial charge in [0.15, 0.2) is 0 Å². The Balaban J connectivity index is 2.40. The Labute approximate surface area is 75.0 Å². The van der Waals surface area contributed by atoms with E-state index in [0.29, 0.717) is 0 Å². The standard InChI is InChI=1S/C12H15/c1-2-4-6-8-10-12-11-9-7-5-3-1/h1-4,9,11-12H,5-8H2/b3-1-,4-2+,11-9-,12-10?. The maximum Gasteiger partial charge on any atom is -0.0241 e. The Kier molecular flexibility index (Phi) is 5.02. The molecule has 0 heteroatoms. The van der Waals surface area contributed by atoms with Crippen molar-refractivity contribution in [3.63, 3.8) is 0 Å². The molecule has 1 aliphatic rings. The summed E-state index contributed by atoms with van der Waals surface area (Å²) in [5.41, 5.74) is 0. The van der Waals surface area contributed by atoms with Gasteiger partial charge < -0.3 is 0 Å². The zero-order valence-corrected chi connectivity index (χ0v) is 7.37. The lowest BCUT2D eigenvalue weighted by molar-refractivity contribution is 1.02. The topological polar surface area (TPSA) is 0 Å². The van der Waals surface area contributed by atoms with E-state index in [1.807, 2.05) is 6.08 Å². The van der Waals surface area contributed by atoms with Gasteiger partial charge in [0.05, 0.1) is 0 Å². The molecule has 0 aliphatic heterocycles. The molecular weight excluding hydrogens is 144 g/mol. The molecule has 63 valence electrons. The minimum Gasteiger partial charge on any atom is -0.0842 e. The fourth-order valence-corrected chi connectivity index (χ4v) is 1.02. The molecule has 0 fully saturated rings.